The van der Waals surface area contributed by atoms with Crippen LogP contribution in [0.15, 0.2) is 66.9 Å². The van der Waals surface area contributed by atoms with Crippen LogP contribution >= 0.6 is 0 Å². The summed E-state index contributed by atoms with van der Waals surface area (Å²) in [5, 5.41) is 6.15. The highest BCUT2D eigenvalue weighted by atomic mass is 15.3. The number of rotatable bonds is 4. The van der Waals surface area contributed by atoms with Crippen molar-refractivity contribution < 1.29 is 0 Å². The number of fused-ring (bicyclic) bond motifs is 1. The Kier molecular flexibility index (Phi) is 4.53. The zero-order valence-electron chi connectivity index (χ0n) is 14.6. The Morgan fingerprint density at radius 3 is 2.44 bits per heavy atom. The number of hydrogen-bond donors (Lipinski definition) is 1. The molecule has 0 bridgehead atoms. The SMILES string of the molecule is CC(Nc1ccccn1)N1CCN(c2cccc3ccccc23)CC1. The molecule has 1 N–H and O–H groups in total. The maximum absolute atomic E-state index is 4.36. The van der Waals surface area contributed by atoms with Crippen molar-refractivity contribution in [3.05, 3.63) is 66.9 Å². The van der Waals surface area contributed by atoms with Crippen molar-refractivity contribution in [2.24, 2.45) is 0 Å². The molecule has 128 valence electrons. The van der Waals surface area contributed by atoms with Crippen LogP contribution in [0, 0.1) is 0 Å². The third-order valence-electron chi connectivity index (χ3n) is 4.99. The van der Waals surface area contributed by atoms with Crippen LogP contribution in [-0.2, 0) is 0 Å². The minimum atomic E-state index is 0.282. The fourth-order valence-electron chi connectivity index (χ4n) is 3.59. The molecule has 1 fully saturated rings. The second-order valence-electron chi connectivity index (χ2n) is 6.56. The van der Waals surface area contributed by atoms with Gasteiger partial charge in [-0.15, -0.1) is 0 Å². The molecule has 1 aromatic heterocycles. The lowest BCUT2D eigenvalue weighted by Crippen LogP contribution is -2.51. The summed E-state index contributed by atoms with van der Waals surface area (Å²) < 4.78 is 0. The molecule has 0 spiro atoms. The number of aromatic nitrogens is 1. The topological polar surface area (TPSA) is 31.4 Å². The predicted molar refractivity (Wildman–Crippen MR) is 105 cm³/mol. The van der Waals surface area contributed by atoms with Crippen LogP contribution in [0.4, 0.5) is 11.5 Å². The fraction of sp³-hybridized carbons (Fsp3) is 0.286. The van der Waals surface area contributed by atoms with E-state index in [0.717, 1.165) is 32.0 Å². The molecule has 2 aromatic carbocycles. The van der Waals surface area contributed by atoms with Gasteiger partial charge >= 0.3 is 0 Å². The molecule has 25 heavy (non-hydrogen) atoms. The summed E-state index contributed by atoms with van der Waals surface area (Å²) >= 11 is 0. The van der Waals surface area contributed by atoms with E-state index in [2.05, 4.69) is 69.5 Å². The summed E-state index contributed by atoms with van der Waals surface area (Å²) in [6.07, 6.45) is 2.11. The molecule has 1 unspecified atom stereocenters. The van der Waals surface area contributed by atoms with E-state index in [1.165, 1.54) is 16.5 Å². The van der Waals surface area contributed by atoms with Gasteiger partial charge in [-0.05, 0) is 30.5 Å². The lowest BCUT2D eigenvalue weighted by molar-refractivity contribution is 0.215. The van der Waals surface area contributed by atoms with E-state index in [0.29, 0.717) is 0 Å². The molecule has 4 rings (SSSR count). The first-order chi connectivity index (χ1) is 12.3. The van der Waals surface area contributed by atoms with Gasteiger partial charge in [-0.2, -0.15) is 0 Å². The Morgan fingerprint density at radius 2 is 1.64 bits per heavy atom. The van der Waals surface area contributed by atoms with Crippen molar-refractivity contribution in [1.29, 1.82) is 0 Å². The van der Waals surface area contributed by atoms with E-state index < -0.39 is 0 Å². The highest BCUT2D eigenvalue weighted by Gasteiger charge is 2.22. The van der Waals surface area contributed by atoms with Crippen LogP contribution in [0.1, 0.15) is 6.92 Å². The summed E-state index contributed by atoms with van der Waals surface area (Å²) in [5.74, 6) is 0.937. The Balaban J connectivity index is 1.42. The van der Waals surface area contributed by atoms with Gasteiger partial charge in [-0.1, -0.05) is 42.5 Å². The smallest absolute Gasteiger partial charge is 0.127 e. The molecule has 1 saturated heterocycles. The molecular formula is C21H24N4. The van der Waals surface area contributed by atoms with Crippen LogP contribution in [-0.4, -0.2) is 42.2 Å². The van der Waals surface area contributed by atoms with Crippen molar-refractivity contribution >= 4 is 22.3 Å². The molecule has 0 radical (unpaired) electrons. The molecule has 1 aliphatic heterocycles. The fourth-order valence-corrected chi connectivity index (χ4v) is 3.59. The summed E-state index contributed by atoms with van der Waals surface area (Å²) in [7, 11) is 0. The molecular weight excluding hydrogens is 308 g/mol. The Hall–Kier alpha value is -2.59. The third-order valence-corrected chi connectivity index (χ3v) is 4.99. The maximum atomic E-state index is 4.36. The van der Waals surface area contributed by atoms with Gasteiger partial charge in [-0.3, -0.25) is 4.90 Å². The van der Waals surface area contributed by atoms with Gasteiger partial charge in [0.1, 0.15) is 5.82 Å². The quantitative estimate of drug-likeness (QED) is 0.787. The first-order valence-corrected chi connectivity index (χ1v) is 8.95. The molecule has 4 heteroatoms. The summed E-state index contributed by atoms with van der Waals surface area (Å²) in [6, 6.07) is 21.2. The largest absolute Gasteiger partial charge is 0.368 e. The Bertz CT molecular complexity index is 820. The number of nitrogens with one attached hydrogen (secondary N) is 1. The van der Waals surface area contributed by atoms with E-state index in [4.69, 9.17) is 0 Å². The lowest BCUT2D eigenvalue weighted by atomic mass is 10.1. The van der Waals surface area contributed by atoms with Crippen molar-refractivity contribution in [3.8, 4) is 0 Å². The highest BCUT2D eigenvalue weighted by molar-refractivity contribution is 5.94. The van der Waals surface area contributed by atoms with Crippen LogP contribution in [0.25, 0.3) is 10.8 Å². The molecule has 2 heterocycles. The molecule has 0 amide bonds. The highest BCUT2D eigenvalue weighted by Crippen LogP contribution is 2.27. The van der Waals surface area contributed by atoms with Crippen LogP contribution in [0.3, 0.4) is 0 Å². The average Bonchev–Trinajstić information content (AvgIpc) is 2.68. The maximum Gasteiger partial charge on any atom is 0.127 e. The molecule has 0 aliphatic carbocycles. The number of hydrogen-bond acceptors (Lipinski definition) is 4. The normalized spacial score (nSPS) is 16.8. The van der Waals surface area contributed by atoms with E-state index in [1.54, 1.807) is 0 Å². The van der Waals surface area contributed by atoms with Gasteiger partial charge in [0, 0.05) is 43.4 Å². The van der Waals surface area contributed by atoms with Gasteiger partial charge < -0.3 is 10.2 Å². The Labute approximate surface area is 149 Å². The van der Waals surface area contributed by atoms with Gasteiger partial charge in [0.25, 0.3) is 0 Å². The summed E-state index contributed by atoms with van der Waals surface area (Å²) in [5.41, 5.74) is 1.35. The van der Waals surface area contributed by atoms with E-state index in [9.17, 15) is 0 Å². The molecule has 0 saturated carbocycles. The second-order valence-corrected chi connectivity index (χ2v) is 6.56. The zero-order valence-corrected chi connectivity index (χ0v) is 14.6. The van der Waals surface area contributed by atoms with Crippen molar-refractivity contribution in [2.75, 3.05) is 36.4 Å². The second kappa shape index (κ2) is 7.11. The van der Waals surface area contributed by atoms with E-state index in [1.807, 2.05) is 24.4 Å². The third kappa shape index (κ3) is 3.44. The molecule has 3 aromatic rings. The number of piperazine rings is 1. The summed E-state index contributed by atoms with van der Waals surface area (Å²) in [6.45, 7) is 6.39. The van der Waals surface area contributed by atoms with Gasteiger partial charge in [-0.25, -0.2) is 4.98 Å². The van der Waals surface area contributed by atoms with E-state index in [-0.39, 0.29) is 6.17 Å². The minimum Gasteiger partial charge on any atom is -0.368 e. The lowest BCUT2D eigenvalue weighted by Gasteiger charge is -2.39. The molecule has 1 aliphatic rings. The predicted octanol–water partition coefficient (Wildman–Crippen LogP) is 3.81. The Morgan fingerprint density at radius 1 is 0.880 bits per heavy atom. The van der Waals surface area contributed by atoms with Gasteiger partial charge in [0.15, 0.2) is 0 Å². The zero-order chi connectivity index (χ0) is 17.1. The molecule has 4 nitrogen and oxygen atoms in total. The molecule has 1 atom stereocenters. The van der Waals surface area contributed by atoms with Crippen molar-refractivity contribution in [1.82, 2.24) is 9.88 Å². The standard InChI is InChI=1S/C21H24N4/c1-17(23-21-11-4-5-12-22-21)24-13-15-25(16-14-24)20-10-6-8-18-7-2-3-9-19(18)20/h2-12,17H,13-16H2,1H3,(H,22,23). The number of pyridine rings is 1. The van der Waals surface area contributed by atoms with Gasteiger partial charge in [0.2, 0.25) is 0 Å². The summed E-state index contributed by atoms with van der Waals surface area (Å²) in [4.78, 5) is 9.35. The van der Waals surface area contributed by atoms with Crippen LogP contribution in [0.5, 0.6) is 0 Å². The number of anilines is 2. The monoisotopic (exact) mass is 332 g/mol. The van der Waals surface area contributed by atoms with Crippen LogP contribution in [0.2, 0.25) is 0 Å². The van der Waals surface area contributed by atoms with E-state index >= 15 is 0 Å². The number of nitrogens with zero attached hydrogens (tertiary/aromatic N) is 3. The first-order valence-electron chi connectivity index (χ1n) is 8.95. The van der Waals surface area contributed by atoms with Crippen LogP contribution < -0.4 is 10.2 Å². The van der Waals surface area contributed by atoms with Crippen molar-refractivity contribution in [2.45, 2.75) is 13.1 Å². The minimum absolute atomic E-state index is 0.282. The first kappa shape index (κ1) is 15.9. The average molecular weight is 332 g/mol. The number of benzene rings is 2. The van der Waals surface area contributed by atoms with Crippen molar-refractivity contribution in [3.63, 3.8) is 0 Å². The van der Waals surface area contributed by atoms with Gasteiger partial charge in [0.05, 0.1) is 6.17 Å².